The zero-order chi connectivity index (χ0) is 21.7. The summed E-state index contributed by atoms with van der Waals surface area (Å²) in [5, 5.41) is 3.48. The van der Waals surface area contributed by atoms with Crippen LogP contribution >= 0.6 is 35.2 Å². The van der Waals surface area contributed by atoms with Gasteiger partial charge in [-0.2, -0.15) is 0 Å². The molecule has 0 aliphatic rings. The molecule has 2 amide bonds. The van der Waals surface area contributed by atoms with Crippen LogP contribution in [0.2, 0.25) is 5.02 Å². The molecule has 1 aromatic heterocycles. The van der Waals surface area contributed by atoms with Crippen LogP contribution in [-0.4, -0.2) is 30.6 Å². The van der Waals surface area contributed by atoms with Crippen LogP contribution in [0.1, 0.15) is 15.2 Å². The first-order valence-electron chi connectivity index (χ1n) is 8.73. The zero-order valence-corrected chi connectivity index (χ0v) is 18.5. The van der Waals surface area contributed by atoms with Crippen LogP contribution < -0.4 is 25.6 Å². The molecule has 156 valence electrons. The molecular weight excluding hydrogens is 446 g/mol. The Morgan fingerprint density at radius 1 is 1.17 bits per heavy atom. The van der Waals surface area contributed by atoms with E-state index < -0.39 is 11.8 Å². The number of benzene rings is 2. The van der Waals surface area contributed by atoms with E-state index in [4.69, 9.17) is 33.3 Å². The molecule has 0 saturated heterocycles. The zero-order valence-electron chi connectivity index (χ0n) is 16.1. The topological polar surface area (TPSA) is 88.7 Å². The fourth-order valence-electron chi connectivity index (χ4n) is 2.53. The molecule has 0 bridgehead atoms. The Balaban J connectivity index is 1.52. The monoisotopic (exact) mass is 463 g/mol. The van der Waals surface area contributed by atoms with Crippen LogP contribution in [0.15, 0.2) is 42.5 Å². The van der Waals surface area contributed by atoms with E-state index in [2.05, 4.69) is 16.2 Å². The van der Waals surface area contributed by atoms with Crippen LogP contribution in [0.5, 0.6) is 11.5 Å². The van der Waals surface area contributed by atoms with Gasteiger partial charge in [-0.1, -0.05) is 29.8 Å². The number of aryl methyl sites for hydroxylation is 1. The number of fused-ring (bicyclic) bond motifs is 1. The van der Waals surface area contributed by atoms with Crippen LogP contribution in [0.4, 0.5) is 0 Å². The summed E-state index contributed by atoms with van der Waals surface area (Å²) < 4.78 is 11.4. The fraction of sp³-hybridized carbons (Fsp3) is 0.150. The maximum atomic E-state index is 12.5. The Kier molecular flexibility index (Phi) is 7.09. The molecule has 3 aromatic rings. The van der Waals surface area contributed by atoms with E-state index in [0.717, 1.165) is 15.6 Å². The van der Waals surface area contributed by atoms with Crippen molar-refractivity contribution >= 4 is 62.2 Å². The molecule has 0 aliphatic carbocycles. The highest BCUT2D eigenvalue weighted by molar-refractivity contribution is 7.80. The van der Waals surface area contributed by atoms with Gasteiger partial charge in [0.1, 0.15) is 16.4 Å². The number of methoxy groups -OCH3 is 1. The molecule has 0 fully saturated rings. The summed E-state index contributed by atoms with van der Waals surface area (Å²) in [4.78, 5) is 24.7. The number of rotatable bonds is 5. The molecular formula is C20H18ClN3O4S2. The lowest BCUT2D eigenvalue weighted by Gasteiger charge is -2.12. The van der Waals surface area contributed by atoms with Gasteiger partial charge in [-0.25, -0.2) is 0 Å². The van der Waals surface area contributed by atoms with Gasteiger partial charge in [0.05, 0.1) is 12.1 Å². The third kappa shape index (κ3) is 5.18. The normalized spacial score (nSPS) is 10.4. The maximum Gasteiger partial charge on any atom is 0.276 e. The number of hydrogen-bond donors (Lipinski definition) is 3. The van der Waals surface area contributed by atoms with Crippen LogP contribution in [0.25, 0.3) is 10.1 Å². The lowest BCUT2D eigenvalue weighted by molar-refractivity contribution is -0.123. The first-order chi connectivity index (χ1) is 14.4. The van der Waals surface area contributed by atoms with Gasteiger partial charge in [-0.15, -0.1) is 11.3 Å². The summed E-state index contributed by atoms with van der Waals surface area (Å²) >= 11 is 12.6. The first-order valence-corrected chi connectivity index (χ1v) is 10.3. The number of hydrazine groups is 1. The van der Waals surface area contributed by atoms with Gasteiger partial charge < -0.3 is 9.47 Å². The van der Waals surface area contributed by atoms with E-state index in [1.807, 2.05) is 25.1 Å². The Bertz CT molecular complexity index is 1120. The molecule has 7 nitrogen and oxygen atoms in total. The minimum absolute atomic E-state index is 0.0738. The van der Waals surface area contributed by atoms with Crippen molar-refractivity contribution in [2.75, 3.05) is 13.7 Å². The van der Waals surface area contributed by atoms with E-state index in [1.165, 1.54) is 11.3 Å². The van der Waals surface area contributed by atoms with Crippen LogP contribution in [-0.2, 0) is 4.79 Å². The van der Waals surface area contributed by atoms with Gasteiger partial charge in [0.2, 0.25) is 0 Å². The summed E-state index contributed by atoms with van der Waals surface area (Å²) in [7, 11) is 1.56. The molecule has 0 spiro atoms. The van der Waals surface area contributed by atoms with Gasteiger partial charge in [0.25, 0.3) is 11.8 Å². The second-order valence-electron chi connectivity index (χ2n) is 6.12. The molecule has 3 rings (SSSR count). The first kappa shape index (κ1) is 21.8. The average Bonchev–Trinajstić information content (AvgIpc) is 3.07. The number of thiocarbonyl (C=S) groups is 1. The molecule has 3 N–H and O–H groups in total. The van der Waals surface area contributed by atoms with Crippen LogP contribution in [0.3, 0.4) is 0 Å². The van der Waals surface area contributed by atoms with E-state index in [-0.39, 0.29) is 11.7 Å². The molecule has 30 heavy (non-hydrogen) atoms. The van der Waals surface area contributed by atoms with Crippen molar-refractivity contribution in [1.82, 2.24) is 16.2 Å². The van der Waals surface area contributed by atoms with Crippen molar-refractivity contribution in [2.24, 2.45) is 0 Å². The van der Waals surface area contributed by atoms with Crippen molar-refractivity contribution in [3.05, 3.63) is 57.9 Å². The standard InChI is InChI=1S/C20H18ClN3O4S2/c1-11-5-3-4-6-14(11)28-10-16(25)23-24-20(29)22-19(26)18-17(21)13-8-7-12(27-2)9-15(13)30-18/h3-9H,10H2,1-2H3,(H,23,25)(H2,22,24,26,29). The summed E-state index contributed by atoms with van der Waals surface area (Å²) in [6.45, 7) is 1.67. The lowest BCUT2D eigenvalue weighted by atomic mass is 10.2. The molecule has 0 atom stereocenters. The van der Waals surface area contributed by atoms with Crippen molar-refractivity contribution in [2.45, 2.75) is 6.92 Å². The summed E-state index contributed by atoms with van der Waals surface area (Å²) in [6.07, 6.45) is 0. The minimum Gasteiger partial charge on any atom is -0.497 e. The lowest BCUT2D eigenvalue weighted by Crippen LogP contribution is -2.49. The Morgan fingerprint density at radius 2 is 1.93 bits per heavy atom. The SMILES string of the molecule is COc1ccc2c(Cl)c(C(=O)NC(=S)NNC(=O)COc3ccccc3C)sc2c1. The smallest absolute Gasteiger partial charge is 0.276 e. The molecule has 0 unspecified atom stereocenters. The van der Waals surface area contributed by atoms with E-state index in [0.29, 0.717) is 21.4 Å². The fourth-order valence-corrected chi connectivity index (χ4v) is 4.12. The summed E-state index contributed by atoms with van der Waals surface area (Å²) in [5.74, 6) is 0.338. The number of para-hydroxylation sites is 1. The molecule has 10 heteroatoms. The molecule has 2 aromatic carbocycles. The summed E-state index contributed by atoms with van der Waals surface area (Å²) in [5.41, 5.74) is 5.75. The third-order valence-electron chi connectivity index (χ3n) is 4.04. The van der Waals surface area contributed by atoms with Crippen LogP contribution in [0, 0.1) is 6.92 Å². The number of hydrogen-bond acceptors (Lipinski definition) is 6. The summed E-state index contributed by atoms with van der Waals surface area (Å²) in [6, 6.07) is 12.7. The van der Waals surface area contributed by atoms with E-state index in [9.17, 15) is 9.59 Å². The highest BCUT2D eigenvalue weighted by Gasteiger charge is 2.18. The average molecular weight is 464 g/mol. The molecule has 0 aliphatic heterocycles. The van der Waals surface area contributed by atoms with E-state index >= 15 is 0 Å². The largest absolute Gasteiger partial charge is 0.497 e. The predicted molar refractivity (Wildman–Crippen MR) is 121 cm³/mol. The highest BCUT2D eigenvalue weighted by atomic mass is 35.5. The molecule has 0 radical (unpaired) electrons. The number of ether oxygens (including phenoxy) is 2. The Labute approximate surface area is 187 Å². The van der Waals surface area contributed by atoms with Gasteiger partial charge in [0, 0.05) is 10.1 Å². The van der Waals surface area contributed by atoms with Gasteiger partial charge in [-0.05, 0) is 49.0 Å². The number of carbonyl (C=O) groups excluding carboxylic acids is 2. The number of thiophene rings is 1. The molecule has 0 saturated carbocycles. The molecule has 1 heterocycles. The predicted octanol–water partition coefficient (Wildman–Crippen LogP) is 3.59. The van der Waals surface area contributed by atoms with Crippen molar-refractivity contribution in [1.29, 1.82) is 0 Å². The van der Waals surface area contributed by atoms with E-state index in [1.54, 1.807) is 31.4 Å². The van der Waals surface area contributed by atoms with Crippen molar-refractivity contribution in [3.8, 4) is 11.5 Å². The Hall–Kier alpha value is -2.88. The highest BCUT2D eigenvalue weighted by Crippen LogP contribution is 2.37. The number of nitrogens with one attached hydrogen (secondary N) is 3. The quantitative estimate of drug-likeness (QED) is 0.396. The van der Waals surface area contributed by atoms with Gasteiger partial charge >= 0.3 is 0 Å². The van der Waals surface area contributed by atoms with Crippen molar-refractivity contribution < 1.29 is 19.1 Å². The van der Waals surface area contributed by atoms with Gasteiger partial charge in [0.15, 0.2) is 11.7 Å². The second kappa shape index (κ2) is 9.75. The Morgan fingerprint density at radius 3 is 2.67 bits per heavy atom. The van der Waals surface area contributed by atoms with Gasteiger partial charge in [-0.3, -0.25) is 25.8 Å². The van der Waals surface area contributed by atoms with Crippen molar-refractivity contribution in [3.63, 3.8) is 0 Å². The minimum atomic E-state index is -0.483. The number of halogens is 1. The number of amides is 2. The maximum absolute atomic E-state index is 12.5. The third-order valence-corrected chi connectivity index (χ3v) is 5.90. The second-order valence-corrected chi connectivity index (χ2v) is 7.96. The number of carbonyl (C=O) groups is 2.